The molecule has 0 aliphatic rings. The van der Waals surface area contributed by atoms with Crippen molar-refractivity contribution in [3.63, 3.8) is 0 Å². The summed E-state index contributed by atoms with van der Waals surface area (Å²) in [5.41, 5.74) is 5.60. The smallest absolute Gasteiger partial charge is 0.338 e. The van der Waals surface area contributed by atoms with Crippen LogP contribution >= 0.6 is 0 Å². The van der Waals surface area contributed by atoms with Crippen LogP contribution in [0.25, 0.3) is 0 Å². The molecule has 0 radical (unpaired) electrons. The molecule has 2 rings (SSSR count). The molecule has 10 heteroatoms. The number of amides is 3. The lowest BCUT2D eigenvalue weighted by atomic mass is 10.2. The molecule has 0 saturated carbocycles. The summed E-state index contributed by atoms with van der Waals surface area (Å²) >= 11 is 0. The lowest BCUT2D eigenvalue weighted by Gasteiger charge is -2.08. The molecule has 0 atom stereocenters. The van der Waals surface area contributed by atoms with Gasteiger partial charge in [-0.15, -0.1) is 0 Å². The zero-order valence-electron chi connectivity index (χ0n) is 18.1. The summed E-state index contributed by atoms with van der Waals surface area (Å²) < 4.78 is 9.71. The number of hydrogen-bond acceptors (Lipinski definition) is 7. The minimum atomic E-state index is -0.698. The second-order valence-electron chi connectivity index (χ2n) is 6.73. The maximum atomic E-state index is 12.0. The summed E-state index contributed by atoms with van der Waals surface area (Å²) in [7, 11) is 0. The van der Waals surface area contributed by atoms with E-state index in [1.165, 1.54) is 12.1 Å². The molecule has 0 spiro atoms. The SMILES string of the molecule is CCOC(=O)c1ccc(NC(=O)CCCC(=O)OCC(=O)NNC(=O)c2ccccc2)cc1. The molecular weight excluding hydrogens is 430 g/mol. The number of carbonyl (C=O) groups excluding carboxylic acids is 5. The minimum absolute atomic E-state index is 0.0567. The summed E-state index contributed by atoms with van der Waals surface area (Å²) in [6.07, 6.45) is 0.227. The minimum Gasteiger partial charge on any atom is -0.462 e. The molecule has 0 saturated heterocycles. The van der Waals surface area contributed by atoms with Crippen LogP contribution in [0.15, 0.2) is 54.6 Å². The second kappa shape index (κ2) is 13.3. The van der Waals surface area contributed by atoms with Crippen molar-refractivity contribution in [3.8, 4) is 0 Å². The third-order valence-corrected chi connectivity index (χ3v) is 4.18. The van der Waals surface area contributed by atoms with E-state index in [0.29, 0.717) is 16.8 Å². The highest BCUT2D eigenvalue weighted by atomic mass is 16.5. The maximum absolute atomic E-state index is 12.0. The van der Waals surface area contributed by atoms with E-state index in [1.807, 2.05) is 0 Å². The second-order valence-corrected chi connectivity index (χ2v) is 6.73. The number of rotatable bonds is 10. The number of esters is 2. The molecular formula is C23H25N3O7. The van der Waals surface area contributed by atoms with Gasteiger partial charge in [0.2, 0.25) is 5.91 Å². The van der Waals surface area contributed by atoms with Crippen LogP contribution in [0.3, 0.4) is 0 Å². The van der Waals surface area contributed by atoms with Crippen LogP contribution in [-0.2, 0) is 23.9 Å². The van der Waals surface area contributed by atoms with Crippen molar-refractivity contribution < 1.29 is 33.4 Å². The molecule has 0 fully saturated rings. The van der Waals surface area contributed by atoms with Gasteiger partial charge in [0.1, 0.15) is 0 Å². The van der Waals surface area contributed by atoms with Crippen molar-refractivity contribution in [1.29, 1.82) is 0 Å². The summed E-state index contributed by atoms with van der Waals surface area (Å²) in [5, 5.41) is 2.66. The van der Waals surface area contributed by atoms with Gasteiger partial charge in [-0.1, -0.05) is 18.2 Å². The van der Waals surface area contributed by atoms with Crippen LogP contribution in [0.5, 0.6) is 0 Å². The Kier molecular flexibility index (Phi) is 10.1. The van der Waals surface area contributed by atoms with E-state index in [-0.39, 0.29) is 31.8 Å². The Labute approximate surface area is 190 Å². The maximum Gasteiger partial charge on any atom is 0.338 e. The molecule has 0 aliphatic heterocycles. The number of nitrogens with one attached hydrogen (secondary N) is 3. The zero-order valence-corrected chi connectivity index (χ0v) is 18.1. The highest BCUT2D eigenvalue weighted by Crippen LogP contribution is 2.11. The van der Waals surface area contributed by atoms with Crippen LogP contribution < -0.4 is 16.2 Å². The lowest BCUT2D eigenvalue weighted by molar-refractivity contribution is -0.148. The van der Waals surface area contributed by atoms with E-state index in [0.717, 1.165) is 0 Å². The average molecular weight is 455 g/mol. The fourth-order valence-electron chi connectivity index (χ4n) is 2.56. The van der Waals surface area contributed by atoms with Crippen molar-refractivity contribution in [3.05, 3.63) is 65.7 Å². The normalized spacial score (nSPS) is 9.97. The molecule has 0 aromatic heterocycles. The van der Waals surface area contributed by atoms with E-state index in [2.05, 4.69) is 16.2 Å². The van der Waals surface area contributed by atoms with E-state index in [1.54, 1.807) is 49.4 Å². The fourth-order valence-corrected chi connectivity index (χ4v) is 2.56. The van der Waals surface area contributed by atoms with Gasteiger partial charge in [-0.3, -0.25) is 30.0 Å². The van der Waals surface area contributed by atoms with Gasteiger partial charge >= 0.3 is 11.9 Å². The standard InChI is InChI=1S/C23H25N3O7/c1-2-32-23(31)17-11-13-18(14-12-17)24-19(27)9-6-10-21(29)33-15-20(28)25-26-22(30)16-7-4-3-5-8-16/h3-5,7-8,11-14H,2,6,9-10,15H2,1H3,(H,24,27)(H,25,28)(H,26,30). The first kappa shape index (κ1) is 25.1. The molecule has 0 bridgehead atoms. The Morgan fingerprint density at radius 2 is 1.45 bits per heavy atom. The third kappa shape index (κ3) is 9.21. The van der Waals surface area contributed by atoms with Gasteiger partial charge in [0.15, 0.2) is 6.61 Å². The van der Waals surface area contributed by atoms with Crippen molar-refractivity contribution in [2.75, 3.05) is 18.5 Å². The van der Waals surface area contributed by atoms with Gasteiger partial charge in [-0.2, -0.15) is 0 Å². The number of ether oxygens (including phenoxy) is 2. The van der Waals surface area contributed by atoms with E-state index >= 15 is 0 Å². The average Bonchev–Trinajstić information content (AvgIpc) is 2.82. The number of carbonyl (C=O) groups is 5. The van der Waals surface area contributed by atoms with Crippen molar-refractivity contribution in [2.24, 2.45) is 0 Å². The molecule has 0 unspecified atom stereocenters. The summed E-state index contributed by atoms with van der Waals surface area (Å²) in [5.74, 6) is -2.60. The van der Waals surface area contributed by atoms with Gasteiger partial charge in [0, 0.05) is 24.1 Å². The highest BCUT2D eigenvalue weighted by molar-refractivity contribution is 5.95. The van der Waals surface area contributed by atoms with Gasteiger partial charge < -0.3 is 14.8 Å². The molecule has 10 nitrogen and oxygen atoms in total. The van der Waals surface area contributed by atoms with Crippen molar-refractivity contribution in [2.45, 2.75) is 26.2 Å². The molecule has 3 N–H and O–H groups in total. The summed E-state index contributed by atoms with van der Waals surface area (Å²) in [6, 6.07) is 14.5. The van der Waals surface area contributed by atoms with Crippen LogP contribution in [-0.4, -0.2) is 42.9 Å². The molecule has 2 aromatic carbocycles. The predicted molar refractivity (Wildman–Crippen MR) is 118 cm³/mol. The Hall–Kier alpha value is -4.21. The summed E-state index contributed by atoms with van der Waals surface area (Å²) in [6.45, 7) is 1.42. The molecule has 0 heterocycles. The Morgan fingerprint density at radius 3 is 2.12 bits per heavy atom. The Morgan fingerprint density at radius 1 is 0.758 bits per heavy atom. The first-order valence-electron chi connectivity index (χ1n) is 10.3. The molecule has 2 aromatic rings. The fraction of sp³-hybridized carbons (Fsp3) is 0.261. The molecule has 33 heavy (non-hydrogen) atoms. The predicted octanol–water partition coefficient (Wildman–Crippen LogP) is 1.98. The third-order valence-electron chi connectivity index (χ3n) is 4.18. The van der Waals surface area contributed by atoms with E-state index in [4.69, 9.17) is 9.47 Å². The van der Waals surface area contributed by atoms with E-state index in [9.17, 15) is 24.0 Å². The van der Waals surface area contributed by atoms with Gasteiger partial charge in [-0.25, -0.2) is 4.79 Å². The Bertz CT molecular complexity index is 975. The highest BCUT2D eigenvalue weighted by Gasteiger charge is 2.11. The van der Waals surface area contributed by atoms with Crippen LogP contribution in [0, 0.1) is 0 Å². The van der Waals surface area contributed by atoms with E-state index < -0.39 is 30.4 Å². The Balaban J connectivity index is 1.60. The zero-order chi connectivity index (χ0) is 24.1. The largest absolute Gasteiger partial charge is 0.462 e. The number of anilines is 1. The first-order chi connectivity index (χ1) is 15.9. The monoisotopic (exact) mass is 455 g/mol. The number of hydrazine groups is 1. The van der Waals surface area contributed by atoms with Gasteiger partial charge in [0.05, 0.1) is 12.2 Å². The lowest BCUT2D eigenvalue weighted by Crippen LogP contribution is -2.43. The molecule has 174 valence electrons. The van der Waals surface area contributed by atoms with Gasteiger partial charge in [-0.05, 0) is 49.7 Å². The quantitative estimate of drug-likeness (QED) is 0.368. The molecule has 0 aliphatic carbocycles. The molecule has 3 amide bonds. The summed E-state index contributed by atoms with van der Waals surface area (Å²) in [4.78, 5) is 58.8. The van der Waals surface area contributed by atoms with Crippen LogP contribution in [0.1, 0.15) is 46.9 Å². The topological polar surface area (TPSA) is 140 Å². The first-order valence-corrected chi connectivity index (χ1v) is 10.3. The van der Waals surface area contributed by atoms with Crippen molar-refractivity contribution >= 4 is 35.3 Å². The number of benzene rings is 2. The number of hydrogen-bond donors (Lipinski definition) is 3. The van der Waals surface area contributed by atoms with Crippen LogP contribution in [0.4, 0.5) is 5.69 Å². The van der Waals surface area contributed by atoms with Crippen LogP contribution in [0.2, 0.25) is 0 Å². The van der Waals surface area contributed by atoms with Gasteiger partial charge in [0.25, 0.3) is 11.8 Å². The van der Waals surface area contributed by atoms with Crippen molar-refractivity contribution in [1.82, 2.24) is 10.9 Å².